The number of hydrogen-bond acceptors (Lipinski definition) is 3. The monoisotopic (exact) mass is 234 g/mol. The van der Waals surface area contributed by atoms with Crippen LogP contribution in [0.2, 0.25) is 0 Å². The molecule has 1 heterocycles. The SMILES string of the molecule is CC(=O)c1ccnc(N(C)C(C)C(C)(C)C)c1. The van der Waals surface area contributed by atoms with E-state index in [4.69, 9.17) is 0 Å². The summed E-state index contributed by atoms with van der Waals surface area (Å²) >= 11 is 0. The molecule has 0 fully saturated rings. The summed E-state index contributed by atoms with van der Waals surface area (Å²) in [6.07, 6.45) is 1.69. The lowest BCUT2D eigenvalue weighted by Gasteiger charge is -2.36. The maximum Gasteiger partial charge on any atom is 0.159 e. The van der Waals surface area contributed by atoms with Crippen LogP contribution < -0.4 is 4.90 Å². The molecular weight excluding hydrogens is 212 g/mol. The number of rotatable bonds is 3. The van der Waals surface area contributed by atoms with Crippen LogP contribution in [0, 0.1) is 5.41 Å². The first-order valence-electron chi connectivity index (χ1n) is 5.93. The molecule has 0 spiro atoms. The van der Waals surface area contributed by atoms with Crippen LogP contribution in [0.1, 0.15) is 45.0 Å². The summed E-state index contributed by atoms with van der Waals surface area (Å²) < 4.78 is 0. The molecule has 0 saturated heterocycles. The number of carbonyl (C=O) groups is 1. The second-order valence-electron chi connectivity index (χ2n) is 5.61. The molecule has 0 aliphatic carbocycles. The van der Waals surface area contributed by atoms with Crippen molar-refractivity contribution in [3.05, 3.63) is 23.9 Å². The lowest BCUT2D eigenvalue weighted by molar-refractivity contribution is 0.101. The molecule has 1 unspecified atom stereocenters. The van der Waals surface area contributed by atoms with Gasteiger partial charge in [-0.1, -0.05) is 20.8 Å². The Labute approximate surface area is 104 Å². The minimum absolute atomic E-state index is 0.0745. The minimum atomic E-state index is 0.0745. The van der Waals surface area contributed by atoms with Crippen LogP contribution in [0.25, 0.3) is 0 Å². The van der Waals surface area contributed by atoms with Crippen molar-refractivity contribution in [2.45, 2.75) is 40.7 Å². The molecule has 0 bridgehead atoms. The summed E-state index contributed by atoms with van der Waals surface area (Å²) in [5.41, 5.74) is 0.880. The van der Waals surface area contributed by atoms with Gasteiger partial charge in [-0.25, -0.2) is 4.98 Å². The zero-order valence-corrected chi connectivity index (χ0v) is 11.6. The molecule has 17 heavy (non-hydrogen) atoms. The molecule has 0 N–H and O–H groups in total. The van der Waals surface area contributed by atoms with Crippen LogP contribution in [-0.4, -0.2) is 23.9 Å². The Balaban J connectivity index is 3.00. The number of pyridine rings is 1. The fourth-order valence-corrected chi connectivity index (χ4v) is 1.61. The molecule has 0 aliphatic rings. The first-order chi connectivity index (χ1) is 7.73. The summed E-state index contributed by atoms with van der Waals surface area (Å²) in [4.78, 5) is 17.8. The Morgan fingerprint density at radius 2 is 2.00 bits per heavy atom. The molecule has 1 atom stereocenters. The van der Waals surface area contributed by atoms with Crippen molar-refractivity contribution in [2.75, 3.05) is 11.9 Å². The Morgan fingerprint density at radius 3 is 2.47 bits per heavy atom. The fraction of sp³-hybridized carbons (Fsp3) is 0.571. The maximum atomic E-state index is 11.3. The van der Waals surface area contributed by atoms with Crippen LogP contribution in [0.15, 0.2) is 18.3 Å². The molecule has 3 nitrogen and oxygen atoms in total. The summed E-state index contributed by atoms with van der Waals surface area (Å²) in [6, 6.07) is 3.95. The third-order valence-corrected chi connectivity index (χ3v) is 3.35. The molecule has 1 aromatic rings. The number of carbonyl (C=O) groups excluding carboxylic acids is 1. The number of ketones is 1. The van der Waals surface area contributed by atoms with E-state index >= 15 is 0 Å². The molecule has 94 valence electrons. The molecule has 0 radical (unpaired) electrons. The number of aromatic nitrogens is 1. The summed E-state index contributed by atoms with van der Waals surface area (Å²) in [5, 5.41) is 0. The van der Waals surface area contributed by atoms with Crippen LogP contribution in [0.5, 0.6) is 0 Å². The molecule has 3 heteroatoms. The quantitative estimate of drug-likeness (QED) is 0.753. The van der Waals surface area contributed by atoms with E-state index in [-0.39, 0.29) is 11.2 Å². The van der Waals surface area contributed by atoms with Gasteiger partial charge in [-0.15, -0.1) is 0 Å². The highest BCUT2D eigenvalue weighted by molar-refractivity contribution is 5.94. The Bertz CT molecular complexity index is 407. The second-order valence-corrected chi connectivity index (χ2v) is 5.61. The van der Waals surface area contributed by atoms with E-state index in [0.717, 1.165) is 5.82 Å². The average Bonchev–Trinajstić information content (AvgIpc) is 2.26. The average molecular weight is 234 g/mol. The normalized spacial score (nSPS) is 13.3. The van der Waals surface area contributed by atoms with Gasteiger partial charge < -0.3 is 4.90 Å². The van der Waals surface area contributed by atoms with E-state index in [0.29, 0.717) is 11.6 Å². The van der Waals surface area contributed by atoms with Gasteiger partial charge in [0.1, 0.15) is 5.82 Å². The third kappa shape index (κ3) is 3.29. The van der Waals surface area contributed by atoms with Crippen molar-refractivity contribution in [1.29, 1.82) is 0 Å². The third-order valence-electron chi connectivity index (χ3n) is 3.35. The summed E-state index contributed by atoms with van der Waals surface area (Å²) in [5.74, 6) is 0.922. The number of nitrogens with zero attached hydrogens (tertiary/aromatic N) is 2. The van der Waals surface area contributed by atoms with Gasteiger partial charge in [0.05, 0.1) is 0 Å². The zero-order chi connectivity index (χ0) is 13.2. The van der Waals surface area contributed by atoms with Gasteiger partial charge in [0.25, 0.3) is 0 Å². The number of anilines is 1. The van der Waals surface area contributed by atoms with Crippen LogP contribution in [0.3, 0.4) is 0 Å². The summed E-state index contributed by atoms with van der Waals surface area (Å²) in [6.45, 7) is 10.3. The van der Waals surface area contributed by atoms with Crippen molar-refractivity contribution in [3.8, 4) is 0 Å². The van der Waals surface area contributed by atoms with E-state index in [1.165, 1.54) is 0 Å². The number of Topliss-reactive ketones (excluding diaryl/α,β-unsaturated/α-hetero) is 1. The van der Waals surface area contributed by atoms with Crippen LogP contribution in [-0.2, 0) is 0 Å². The first-order valence-corrected chi connectivity index (χ1v) is 5.93. The topological polar surface area (TPSA) is 33.2 Å². The zero-order valence-electron chi connectivity index (χ0n) is 11.6. The lowest BCUT2D eigenvalue weighted by Crippen LogP contribution is -2.39. The Morgan fingerprint density at radius 1 is 1.41 bits per heavy atom. The van der Waals surface area contributed by atoms with Gasteiger partial charge in [0.2, 0.25) is 0 Å². The molecule has 1 aromatic heterocycles. The first kappa shape index (κ1) is 13.7. The van der Waals surface area contributed by atoms with E-state index in [1.807, 2.05) is 13.1 Å². The molecule has 1 rings (SSSR count). The highest BCUT2D eigenvalue weighted by atomic mass is 16.1. The van der Waals surface area contributed by atoms with E-state index < -0.39 is 0 Å². The molecule has 0 aliphatic heterocycles. The van der Waals surface area contributed by atoms with E-state index in [9.17, 15) is 4.79 Å². The number of hydrogen-bond donors (Lipinski definition) is 0. The van der Waals surface area contributed by atoms with Gasteiger partial charge in [-0.3, -0.25) is 4.79 Å². The van der Waals surface area contributed by atoms with Crippen molar-refractivity contribution in [3.63, 3.8) is 0 Å². The molecule has 0 aromatic carbocycles. The van der Waals surface area contributed by atoms with Crippen molar-refractivity contribution >= 4 is 11.6 Å². The minimum Gasteiger partial charge on any atom is -0.356 e. The lowest BCUT2D eigenvalue weighted by atomic mass is 9.87. The van der Waals surface area contributed by atoms with Gasteiger partial charge in [0, 0.05) is 24.8 Å². The molecular formula is C14H22N2O. The largest absolute Gasteiger partial charge is 0.356 e. The van der Waals surface area contributed by atoms with Gasteiger partial charge >= 0.3 is 0 Å². The van der Waals surface area contributed by atoms with Crippen LogP contribution >= 0.6 is 0 Å². The van der Waals surface area contributed by atoms with Crippen LogP contribution in [0.4, 0.5) is 5.82 Å². The Kier molecular flexibility index (Phi) is 3.91. The predicted octanol–water partition coefficient (Wildman–Crippen LogP) is 3.16. The van der Waals surface area contributed by atoms with Crippen molar-refractivity contribution in [2.24, 2.45) is 5.41 Å². The standard InChI is InChI=1S/C14H22N2O/c1-10(17)12-7-8-15-13(9-12)16(6)11(2)14(3,4)5/h7-9,11H,1-6H3. The van der Waals surface area contributed by atoms with Gasteiger partial charge in [0.15, 0.2) is 5.78 Å². The smallest absolute Gasteiger partial charge is 0.159 e. The van der Waals surface area contributed by atoms with Crippen molar-refractivity contribution in [1.82, 2.24) is 4.98 Å². The van der Waals surface area contributed by atoms with E-state index in [2.05, 4.69) is 37.6 Å². The van der Waals surface area contributed by atoms with Crippen molar-refractivity contribution < 1.29 is 4.79 Å². The Hall–Kier alpha value is -1.38. The molecule has 0 amide bonds. The predicted molar refractivity (Wildman–Crippen MR) is 71.6 cm³/mol. The van der Waals surface area contributed by atoms with Gasteiger partial charge in [-0.05, 0) is 31.4 Å². The van der Waals surface area contributed by atoms with E-state index in [1.54, 1.807) is 19.2 Å². The molecule has 0 saturated carbocycles. The highest BCUT2D eigenvalue weighted by Crippen LogP contribution is 2.26. The highest BCUT2D eigenvalue weighted by Gasteiger charge is 2.24. The fourth-order valence-electron chi connectivity index (χ4n) is 1.61. The summed E-state index contributed by atoms with van der Waals surface area (Å²) in [7, 11) is 2.02. The second kappa shape index (κ2) is 4.86. The van der Waals surface area contributed by atoms with Gasteiger partial charge in [-0.2, -0.15) is 0 Å². The maximum absolute atomic E-state index is 11.3.